The molecule has 1 aromatic heterocycles. The molecule has 1 heterocycles. The topological polar surface area (TPSA) is 64.1 Å². The van der Waals surface area contributed by atoms with Gasteiger partial charge >= 0.3 is 5.97 Å². The Labute approximate surface area is 82.5 Å². The molecule has 0 saturated heterocycles. The maximum atomic E-state index is 10.8. The smallest absolute Gasteiger partial charge is 0.325 e. The molecule has 0 radical (unpaired) electrons. The van der Waals surface area contributed by atoms with Crippen molar-refractivity contribution in [3.8, 4) is 0 Å². The van der Waals surface area contributed by atoms with Crippen molar-refractivity contribution in [1.82, 2.24) is 9.97 Å². The zero-order valence-corrected chi connectivity index (χ0v) is 8.50. The van der Waals surface area contributed by atoms with Crippen LogP contribution in [0, 0.1) is 13.8 Å². The number of nitrogens with one attached hydrogen (secondary N) is 1. The summed E-state index contributed by atoms with van der Waals surface area (Å²) in [7, 11) is 1.35. The number of aromatic nitrogens is 2. The number of carbonyl (C=O) groups excluding carboxylic acids is 1. The van der Waals surface area contributed by atoms with Crippen LogP contribution in [0.1, 0.15) is 11.5 Å². The van der Waals surface area contributed by atoms with Gasteiger partial charge in [0.1, 0.15) is 18.2 Å². The molecule has 0 atom stereocenters. The molecule has 1 aromatic rings. The lowest BCUT2D eigenvalue weighted by atomic mass is 10.4. The molecule has 0 saturated carbocycles. The fourth-order valence-corrected chi connectivity index (χ4v) is 1.04. The highest BCUT2D eigenvalue weighted by molar-refractivity contribution is 5.74. The third-order valence-electron chi connectivity index (χ3n) is 1.61. The minimum atomic E-state index is -0.320. The van der Waals surface area contributed by atoms with E-state index in [1.165, 1.54) is 7.11 Å². The summed E-state index contributed by atoms with van der Waals surface area (Å²) in [4.78, 5) is 19.1. The molecule has 1 rings (SSSR count). The molecule has 0 unspecified atom stereocenters. The van der Waals surface area contributed by atoms with Crippen LogP contribution in [0.15, 0.2) is 6.07 Å². The highest BCUT2D eigenvalue weighted by atomic mass is 16.5. The van der Waals surface area contributed by atoms with Crippen LogP contribution in [0.2, 0.25) is 0 Å². The second-order valence-corrected chi connectivity index (χ2v) is 2.87. The van der Waals surface area contributed by atoms with Crippen molar-refractivity contribution < 1.29 is 9.53 Å². The Bertz CT molecular complexity index is 319. The minimum Gasteiger partial charge on any atom is -0.468 e. The monoisotopic (exact) mass is 195 g/mol. The van der Waals surface area contributed by atoms with Crippen molar-refractivity contribution >= 4 is 11.8 Å². The molecule has 0 bridgehead atoms. The summed E-state index contributed by atoms with van der Waals surface area (Å²) in [5.41, 5.74) is 0.866. The van der Waals surface area contributed by atoms with E-state index in [2.05, 4.69) is 20.0 Å². The van der Waals surface area contributed by atoms with Crippen LogP contribution in [0.3, 0.4) is 0 Å². The van der Waals surface area contributed by atoms with Crippen molar-refractivity contribution in [1.29, 1.82) is 0 Å². The summed E-state index contributed by atoms with van der Waals surface area (Å²) in [6.07, 6.45) is 0. The molecule has 5 nitrogen and oxygen atoms in total. The van der Waals surface area contributed by atoms with Gasteiger partial charge in [0, 0.05) is 11.8 Å². The molecule has 0 fully saturated rings. The van der Waals surface area contributed by atoms with E-state index in [9.17, 15) is 4.79 Å². The SMILES string of the molecule is COC(=O)CNc1cc(C)nc(C)n1. The highest BCUT2D eigenvalue weighted by Crippen LogP contribution is 2.04. The number of anilines is 1. The second kappa shape index (κ2) is 4.55. The number of rotatable bonds is 3. The number of hydrogen-bond acceptors (Lipinski definition) is 5. The lowest BCUT2D eigenvalue weighted by Crippen LogP contribution is -2.16. The lowest BCUT2D eigenvalue weighted by molar-refractivity contribution is -0.138. The summed E-state index contributed by atoms with van der Waals surface area (Å²) < 4.78 is 4.49. The number of methoxy groups -OCH3 is 1. The molecule has 0 aliphatic rings. The maximum Gasteiger partial charge on any atom is 0.325 e. The summed E-state index contributed by atoms with van der Waals surface area (Å²) in [5.74, 6) is 0.997. The summed E-state index contributed by atoms with van der Waals surface area (Å²) in [6.45, 7) is 3.79. The van der Waals surface area contributed by atoms with E-state index < -0.39 is 0 Å². The number of hydrogen-bond donors (Lipinski definition) is 1. The van der Waals surface area contributed by atoms with Crippen LogP contribution in [0.5, 0.6) is 0 Å². The predicted octanol–water partition coefficient (Wildman–Crippen LogP) is 0.678. The Morgan fingerprint density at radius 2 is 2.21 bits per heavy atom. The van der Waals surface area contributed by atoms with Crippen molar-refractivity contribution in [3.05, 3.63) is 17.6 Å². The van der Waals surface area contributed by atoms with Gasteiger partial charge in [0.05, 0.1) is 7.11 Å². The van der Waals surface area contributed by atoms with E-state index in [1.54, 1.807) is 13.0 Å². The Hall–Kier alpha value is -1.65. The zero-order valence-electron chi connectivity index (χ0n) is 8.50. The largest absolute Gasteiger partial charge is 0.468 e. The summed E-state index contributed by atoms with van der Waals surface area (Å²) in [6, 6.07) is 1.77. The van der Waals surface area contributed by atoms with Crippen LogP contribution in [-0.4, -0.2) is 29.6 Å². The van der Waals surface area contributed by atoms with Gasteiger partial charge in [-0.1, -0.05) is 0 Å². The zero-order chi connectivity index (χ0) is 10.6. The molecule has 0 amide bonds. The van der Waals surface area contributed by atoms with Crippen LogP contribution >= 0.6 is 0 Å². The average Bonchev–Trinajstić information content (AvgIpc) is 2.12. The first-order valence-electron chi connectivity index (χ1n) is 4.25. The van der Waals surface area contributed by atoms with E-state index in [0.29, 0.717) is 11.6 Å². The molecule has 0 spiro atoms. The van der Waals surface area contributed by atoms with Gasteiger partial charge in [0.2, 0.25) is 0 Å². The first kappa shape index (κ1) is 10.4. The van der Waals surface area contributed by atoms with Gasteiger partial charge in [0.25, 0.3) is 0 Å². The molecule has 0 aliphatic heterocycles. The molecule has 5 heteroatoms. The predicted molar refractivity (Wildman–Crippen MR) is 52.0 cm³/mol. The second-order valence-electron chi connectivity index (χ2n) is 2.87. The molecule has 0 aliphatic carbocycles. The fourth-order valence-electron chi connectivity index (χ4n) is 1.04. The van der Waals surface area contributed by atoms with Gasteiger partial charge < -0.3 is 10.1 Å². The van der Waals surface area contributed by atoms with Crippen LogP contribution in [-0.2, 0) is 9.53 Å². The molecular weight excluding hydrogens is 182 g/mol. The van der Waals surface area contributed by atoms with Gasteiger partial charge in [-0.3, -0.25) is 4.79 Å². The third-order valence-corrected chi connectivity index (χ3v) is 1.61. The summed E-state index contributed by atoms with van der Waals surface area (Å²) in [5, 5.41) is 2.85. The first-order chi connectivity index (χ1) is 6.61. The van der Waals surface area contributed by atoms with E-state index in [-0.39, 0.29) is 12.5 Å². The number of esters is 1. The van der Waals surface area contributed by atoms with E-state index in [4.69, 9.17) is 0 Å². The molecule has 14 heavy (non-hydrogen) atoms. The lowest BCUT2D eigenvalue weighted by Gasteiger charge is -2.05. The maximum absolute atomic E-state index is 10.8. The van der Waals surface area contributed by atoms with Gasteiger partial charge in [-0.05, 0) is 13.8 Å². The standard InChI is InChI=1S/C9H13N3O2/c1-6-4-8(12-7(2)11-6)10-5-9(13)14-3/h4H,5H2,1-3H3,(H,10,11,12). The number of nitrogens with zero attached hydrogens (tertiary/aromatic N) is 2. The van der Waals surface area contributed by atoms with Gasteiger partial charge in [0.15, 0.2) is 0 Å². The average molecular weight is 195 g/mol. The van der Waals surface area contributed by atoms with E-state index in [0.717, 1.165) is 5.69 Å². The first-order valence-corrected chi connectivity index (χ1v) is 4.25. The van der Waals surface area contributed by atoms with Crippen LogP contribution in [0.25, 0.3) is 0 Å². The minimum absolute atomic E-state index is 0.117. The van der Waals surface area contributed by atoms with Crippen molar-refractivity contribution in [3.63, 3.8) is 0 Å². The summed E-state index contributed by atoms with van der Waals surface area (Å²) >= 11 is 0. The van der Waals surface area contributed by atoms with Crippen molar-refractivity contribution in [2.75, 3.05) is 19.0 Å². The van der Waals surface area contributed by atoms with E-state index >= 15 is 0 Å². The molecule has 0 aromatic carbocycles. The van der Waals surface area contributed by atoms with Crippen LogP contribution < -0.4 is 5.32 Å². The Morgan fingerprint density at radius 3 is 2.79 bits per heavy atom. The van der Waals surface area contributed by atoms with Crippen LogP contribution in [0.4, 0.5) is 5.82 Å². The Morgan fingerprint density at radius 1 is 1.50 bits per heavy atom. The number of carbonyl (C=O) groups is 1. The highest BCUT2D eigenvalue weighted by Gasteiger charge is 2.01. The molecule has 1 N–H and O–H groups in total. The number of ether oxygens (including phenoxy) is 1. The molecular formula is C9H13N3O2. The van der Waals surface area contributed by atoms with Crippen molar-refractivity contribution in [2.45, 2.75) is 13.8 Å². The third kappa shape index (κ3) is 3.01. The number of aryl methyl sites for hydroxylation is 2. The quantitative estimate of drug-likeness (QED) is 0.718. The van der Waals surface area contributed by atoms with Gasteiger partial charge in [-0.2, -0.15) is 0 Å². The normalized spacial score (nSPS) is 9.64. The van der Waals surface area contributed by atoms with Crippen molar-refractivity contribution in [2.24, 2.45) is 0 Å². The fraction of sp³-hybridized carbons (Fsp3) is 0.444. The van der Waals surface area contributed by atoms with E-state index in [1.807, 2.05) is 6.92 Å². The van der Waals surface area contributed by atoms with Gasteiger partial charge in [-0.25, -0.2) is 9.97 Å². The Kier molecular flexibility index (Phi) is 3.39. The van der Waals surface area contributed by atoms with Gasteiger partial charge in [-0.15, -0.1) is 0 Å². The Balaban J connectivity index is 2.63. The molecule has 76 valence electrons.